The Balaban J connectivity index is 1.26. The summed E-state index contributed by atoms with van der Waals surface area (Å²) in [5, 5.41) is 3.56. The molecule has 5 rings (SSSR count). The van der Waals surface area contributed by atoms with Crippen LogP contribution in [0.15, 0.2) is 48.8 Å². The molecule has 0 saturated carbocycles. The molecule has 1 amide bonds. The van der Waals surface area contributed by atoms with Gasteiger partial charge in [-0.2, -0.15) is 0 Å². The van der Waals surface area contributed by atoms with Crippen LogP contribution in [-0.2, 0) is 28.9 Å². The lowest BCUT2D eigenvalue weighted by Crippen LogP contribution is -2.43. The number of methoxy groups -OCH3 is 1. The summed E-state index contributed by atoms with van der Waals surface area (Å²) in [6, 6.07) is 10.4. The standard InChI is InChI=1S/C30H35FN4O4/c1-3-39-28(36)18-25(22-10-12-27(38-2)24(31)17-22)35-15-14-34-19-20(16-26(34)30(35)37)6-4-8-23-11-9-21-7-5-13-32-29(21)33-23/h5,7,10,12-13,16-17,19,23,25H,3-4,6,8-9,11,14-15,18H2,1-2H3,(H,32,33)/t23?,25-/m0/s1. The van der Waals surface area contributed by atoms with E-state index in [1.807, 2.05) is 22.9 Å². The van der Waals surface area contributed by atoms with Gasteiger partial charge in [0, 0.05) is 31.5 Å². The fourth-order valence-electron chi connectivity index (χ4n) is 5.64. The monoisotopic (exact) mass is 534 g/mol. The summed E-state index contributed by atoms with van der Waals surface area (Å²) < 4.78 is 26.8. The highest BCUT2D eigenvalue weighted by atomic mass is 19.1. The second-order valence-electron chi connectivity index (χ2n) is 10.1. The normalized spacial score (nSPS) is 17.2. The zero-order valence-corrected chi connectivity index (χ0v) is 22.5. The Bertz CT molecular complexity index is 1340. The van der Waals surface area contributed by atoms with Crippen LogP contribution in [0.1, 0.15) is 65.8 Å². The van der Waals surface area contributed by atoms with Crippen molar-refractivity contribution in [1.29, 1.82) is 0 Å². The molecular formula is C30H35FN4O4. The van der Waals surface area contributed by atoms with Gasteiger partial charge in [0.25, 0.3) is 5.91 Å². The summed E-state index contributed by atoms with van der Waals surface area (Å²) in [7, 11) is 1.40. The number of hydrogen-bond donors (Lipinski definition) is 1. The average Bonchev–Trinajstić information content (AvgIpc) is 3.36. The smallest absolute Gasteiger partial charge is 0.308 e. The van der Waals surface area contributed by atoms with E-state index < -0.39 is 17.8 Å². The summed E-state index contributed by atoms with van der Waals surface area (Å²) in [5.74, 6) is -0.0309. The van der Waals surface area contributed by atoms with Crippen LogP contribution in [0, 0.1) is 5.82 Å². The van der Waals surface area contributed by atoms with Crippen LogP contribution in [0.3, 0.4) is 0 Å². The van der Waals surface area contributed by atoms with Crippen molar-refractivity contribution in [3.63, 3.8) is 0 Å². The van der Waals surface area contributed by atoms with E-state index in [1.54, 1.807) is 17.9 Å². The molecule has 0 bridgehead atoms. The highest BCUT2D eigenvalue weighted by molar-refractivity contribution is 5.94. The van der Waals surface area contributed by atoms with Crippen molar-refractivity contribution in [2.45, 2.75) is 64.1 Å². The number of carbonyl (C=O) groups is 2. The quantitative estimate of drug-likeness (QED) is 0.371. The molecule has 2 aliphatic heterocycles. The van der Waals surface area contributed by atoms with Gasteiger partial charge in [0.15, 0.2) is 11.6 Å². The molecule has 1 unspecified atom stereocenters. The maximum atomic E-state index is 14.6. The molecule has 39 heavy (non-hydrogen) atoms. The summed E-state index contributed by atoms with van der Waals surface area (Å²) >= 11 is 0. The number of carbonyl (C=O) groups excluding carboxylic acids is 2. The van der Waals surface area contributed by atoms with Crippen molar-refractivity contribution in [3.8, 4) is 5.75 Å². The second kappa shape index (κ2) is 11.9. The minimum atomic E-state index is -0.641. The SMILES string of the molecule is CCOC(=O)C[C@@H](c1ccc(OC)c(F)c1)N1CCn2cc(CCCC3CCc4cccnc4N3)cc2C1=O. The third-order valence-electron chi connectivity index (χ3n) is 7.63. The molecule has 1 aromatic carbocycles. The molecule has 0 aliphatic carbocycles. The van der Waals surface area contributed by atoms with Crippen molar-refractivity contribution in [3.05, 3.63) is 77.0 Å². The van der Waals surface area contributed by atoms with Crippen molar-refractivity contribution in [1.82, 2.24) is 14.5 Å². The number of aryl methyl sites for hydroxylation is 2. The molecule has 4 heterocycles. The molecule has 0 saturated heterocycles. The van der Waals surface area contributed by atoms with Crippen LogP contribution in [0.2, 0.25) is 0 Å². The number of nitrogens with one attached hydrogen (secondary N) is 1. The Morgan fingerprint density at radius 1 is 1.26 bits per heavy atom. The van der Waals surface area contributed by atoms with Gasteiger partial charge in [-0.15, -0.1) is 0 Å². The lowest BCUT2D eigenvalue weighted by Gasteiger charge is -2.35. The zero-order valence-electron chi connectivity index (χ0n) is 22.5. The lowest BCUT2D eigenvalue weighted by atomic mass is 9.96. The summed E-state index contributed by atoms with van der Waals surface area (Å²) in [4.78, 5) is 32.2. The van der Waals surface area contributed by atoms with Gasteiger partial charge in [0.1, 0.15) is 11.5 Å². The molecule has 8 nitrogen and oxygen atoms in total. The van der Waals surface area contributed by atoms with E-state index >= 15 is 0 Å². The minimum absolute atomic E-state index is 0.0503. The highest BCUT2D eigenvalue weighted by Crippen LogP contribution is 2.32. The van der Waals surface area contributed by atoms with Gasteiger partial charge < -0.3 is 24.3 Å². The summed E-state index contributed by atoms with van der Waals surface area (Å²) in [6.07, 6.45) is 8.86. The largest absolute Gasteiger partial charge is 0.494 e. The van der Waals surface area contributed by atoms with Gasteiger partial charge >= 0.3 is 5.97 Å². The molecule has 1 N–H and O–H groups in total. The van der Waals surface area contributed by atoms with E-state index in [4.69, 9.17) is 9.47 Å². The number of nitrogens with zero attached hydrogens (tertiary/aromatic N) is 3. The highest BCUT2D eigenvalue weighted by Gasteiger charge is 2.33. The first-order valence-electron chi connectivity index (χ1n) is 13.7. The van der Waals surface area contributed by atoms with Crippen LogP contribution >= 0.6 is 0 Å². The fraction of sp³-hybridized carbons (Fsp3) is 0.433. The number of hydrogen-bond acceptors (Lipinski definition) is 6. The Morgan fingerprint density at radius 3 is 2.92 bits per heavy atom. The lowest BCUT2D eigenvalue weighted by molar-refractivity contribution is -0.144. The molecule has 206 valence electrons. The van der Waals surface area contributed by atoms with Gasteiger partial charge in [0.2, 0.25) is 0 Å². The number of ether oxygens (including phenoxy) is 2. The van der Waals surface area contributed by atoms with E-state index in [2.05, 4.69) is 22.6 Å². The summed E-state index contributed by atoms with van der Waals surface area (Å²) in [6.45, 7) is 2.99. The zero-order chi connectivity index (χ0) is 27.4. The van der Waals surface area contributed by atoms with Crippen LogP contribution in [0.25, 0.3) is 0 Å². The number of halogens is 1. The van der Waals surface area contributed by atoms with Gasteiger partial charge in [0.05, 0.1) is 26.2 Å². The average molecular weight is 535 g/mol. The van der Waals surface area contributed by atoms with Gasteiger partial charge in [-0.05, 0) is 80.0 Å². The topological polar surface area (TPSA) is 85.7 Å². The van der Waals surface area contributed by atoms with E-state index in [-0.39, 0.29) is 24.7 Å². The number of fused-ring (bicyclic) bond motifs is 2. The third kappa shape index (κ3) is 5.92. The number of anilines is 1. The second-order valence-corrected chi connectivity index (χ2v) is 10.1. The number of pyridine rings is 1. The van der Waals surface area contributed by atoms with Gasteiger partial charge in [-0.1, -0.05) is 12.1 Å². The number of rotatable bonds is 10. The molecule has 2 aromatic heterocycles. The first kappa shape index (κ1) is 26.7. The Morgan fingerprint density at radius 2 is 2.13 bits per heavy atom. The minimum Gasteiger partial charge on any atom is -0.494 e. The Labute approximate surface area is 228 Å². The van der Waals surface area contributed by atoms with E-state index in [0.29, 0.717) is 30.4 Å². The maximum Gasteiger partial charge on any atom is 0.308 e. The van der Waals surface area contributed by atoms with E-state index in [9.17, 15) is 14.0 Å². The van der Waals surface area contributed by atoms with Crippen molar-refractivity contribution in [2.75, 3.05) is 25.6 Å². The number of amides is 1. The molecule has 0 spiro atoms. The van der Waals surface area contributed by atoms with Gasteiger partial charge in [-0.3, -0.25) is 9.59 Å². The van der Waals surface area contributed by atoms with Crippen LogP contribution in [0.5, 0.6) is 5.75 Å². The third-order valence-corrected chi connectivity index (χ3v) is 7.63. The van der Waals surface area contributed by atoms with Crippen molar-refractivity contribution < 1.29 is 23.5 Å². The predicted octanol–water partition coefficient (Wildman–Crippen LogP) is 4.93. The molecular weight excluding hydrogens is 499 g/mol. The maximum absolute atomic E-state index is 14.6. The number of esters is 1. The molecule has 0 fully saturated rings. The predicted molar refractivity (Wildman–Crippen MR) is 145 cm³/mol. The molecule has 2 atom stereocenters. The number of benzene rings is 1. The molecule has 9 heteroatoms. The molecule has 0 radical (unpaired) electrons. The van der Waals surface area contributed by atoms with E-state index in [0.717, 1.165) is 43.5 Å². The molecule has 2 aliphatic rings. The fourth-order valence-corrected chi connectivity index (χ4v) is 5.64. The van der Waals surface area contributed by atoms with Crippen LogP contribution in [-0.4, -0.2) is 52.6 Å². The summed E-state index contributed by atoms with van der Waals surface area (Å²) in [5.41, 5.74) is 3.52. The van der Waals surface area contributed by atoms with Crippen LogP contribution < -0.4 is 10.1 Å². The first-order chi connectivity index (χ1) is 19.0. The van der Waals surface area contributed by atoms with E-state index in [1.165, 1.54) is 24.8 Å². The Hall–Kier alpha value is -3.88. The van der Waals surface area contributed by atoms with Crippen LogP contribution in [0.4, 0.5) is 10.2 Å². The number of aromatic nitrogens is 2. The Kier molecular flexibility index (Phi) is 8.14. The van der Waals surface area contributed by atoms with Crippen molar-refractivity contribution >= 4 is 17.7 Å². The van der Waals surface area contributed by atoms with Gasteiger partial charge in [-0.25, -0.2) is 9.37 Å². The van der Waals surface area contributed by atoms with Crippen molar-refractivity contribution in [2.24, 2.45) is 0 Å². The first-order valence-corrected chi connectivity index (χ1v) is 13.7. The molecule has 3 aromatic rings.